The number of aryl methyl sites for hydroxylation is 1. The highest BCUT2D eigenvalue weighted by Crippen LogP contribution is 2.38. The summed E-state index contributed by atoms with van der Waals surface area (Å²) in [6.07, 6.45) is -4.31. The molecule has 0 saturated heterocycles. The molecule has 0 saturated carbocycles. The van der Waals surface area contributed by atoms with E-state index in [4.69, 9.17) is 23.4 Å². The van der Waals surface area contributed by atoms with E-state index in [0.717, 1.165) is 18.1 Å². The highest BCUT2D eigenvalue weighted by molar-refractivity contribution is 5.92. The Balaban J connectivity index is 1.71. The highest BCUT2D eigenvalue weighted by atomic mass is 19.4. The van der Waals surface area contributed by atoms with Gasteiger partial charge in [0.05, 0.1) is 25.2 Å². The third-order valence-corrected chi connectivity index (χ3v) is 5.43. The van der Waals surface area contributed by atoms with Gasteiger partial charge in [-0.3, -0.25) is 4.79 Å². The van der Waals surface area contributed by atoms with E-state index in [1.54, 1.807) is 18.2 Å². The minimum atomic E-state index is -5.03. The van der Waals surface area contributed by atoms with Crippen LogP contribution in [0.3, 0.4) is 0 Å². The highest BCUT2D eigenvalue weighted by Gasteiger charge is 2.40. The van der Waals surface area contributed by atoms with Gasteiger partial charge in [-0.2, -0.15) is 13.2 Å². The van der Waals surface area contributed by atoms with Crippen LogP contribution in [0.25, 0.3) is 11.0 Å². The van der Waals surface area contributed by atoms with E-state index in [9.17, 15) is 22.8 Å². The number of hydrogen-bond donors (Lipinski definition) is 0. The maximum absolute atomic E-state index is 13.8. The fraction of sp³-hybridized carbons (Fsp3) is 0.185. The fourth-order valence-electron chi connectivity index (χ4n) is 3.50. The van der Waals surface area contributed by atoms with Crippen molar-refractivity contribution in [3.8, 4) is 28.7 Å². The zero-order chi connectivity index (χ0) is 26.7. The lowest BCUT2D eigenvalue weighted by Gasteiger charge is -2.14. The van der Waals surface area contributed by atoms with Crippen LogP contribution in [-0.4, -0.2) is 20.2 Å². The van der Waals surface area contributed by atoms with Crippen molar-refractivity contribution >= 4 is 16.9 Å². The molecule has 10 heteroatoms. The Labute approximate surface area is 208 Å². The third-order valence-electron chi connectivity index (χ3n) is 5.43. The molecule has 3 aromatic carbocycles. The summed E-state index contributed by atoms with van der Waals surface area (Å²) < 4.78 is 67.4. The topological polar surface area (TPSA) is 84.2 Å². The lowest BCUT2D eigenvalue weighted by atomic mass is 10.1. The van der Waals surface area contributed by atoms with Crippen molar-refractivity contribution in [1.29, 1.82) is 0 Å². The van der Waals surface area contributed by atoms with Crippen LogP contribution in [0.1, 0.15) is 28.6 Å². The molecule has 0 aliphatic carbocycles. The molecule has 37 heavy (non-hydrogen) atoms. The summed E-state index contributed by atoms with van der Waals surface area (Å²) in [6, 6.07) is 14.2. The maximum atomic E-state index is 13.8. The summed E-state index contributed by atoms with van der Waals surface area (Å²) in [7, 11) is 2.82. The van der Waals surface area contributed by atoms with Gasteiger partial charge >= 0.3 is 12.1 Å². The number of carbonyl (C=O) groups excluding carboxylic acids is 1. The van der Waals surface area contributed by atoms with Gasteiger partial charge in [-0.25, -0.2) is 4.79 Å². The minimum Gasteiger partial charge on any atom is -0.497 e. The summed E-state index contributed by atoms with van der Waals surface area (Å²) in [5.41, 5.74) is -0.432. The second-order valence-corrected chi connectivity index (χ2v) is 7.84. The van der Waals surface area contributed by atoms with Crippen LogP contribution >= 0.6 is 0 Å². The monoisotopic (exact) mass is 514 g/mol. The number of benzene rings is 3. The number of halogens is 3. The molecule has 0 radical (unpaired) electrons. The average molecular weight is 514 g/mol. The van der Waals surface area contributed by atoms with Gasteiger partial charge in [-0.1, -0.05) is 19.1 Å². The van der Waals surface area contributed by atoms with Crippen molar-refractivity contribution in [2.75, 3.05) is 14.2 Å². The first-order valence-electron chi connectivity index (χ1n) is 11.0. The largest absolute Gasteiger partial charge is 0.497 e. The molecule has 0 fully saturated rings. The lowest BCUT2D eigenvalue weighted by molar-refractivity contribution is -0.154. The lowest BCUT2D eigenvalue weighted by Crippen LogP contribution is -2.15. The van der Waals surface area contributed by atoms with Crippen molar-refractivity contribution < 1.29 is 41.3 Å². The summed E-state index contributed by atoms with van der Waals surface area (Å²) in [4.78, 5) is 25.7. The Kier molecular flexibility index (Phi) is 7.10. The molecule has 4 aromatic rings. The number of esters is 1. The van der Waals surface area contributed by atoms with Crippen molar-refractivity contribution in [2.24, 2.45) is 0 Å². The number of methoxy groups -OCH3 is 2. The normalized spacial score (nSPS) is 11.3. The molecule has 0 aliphatic rings. The van der Waals surface area contributed by atoms with E-state index in [0.29, 0.717) is 11.5 Å². The number of ether oxygens (including phenoxy) is 4. The van der Waals surface area contributed by atoms with E-state index < -0.39 is 34.7 Å². The number of fused-ring (bicyclic) bond motifs is 1. The number of alkyl halides is 3. The van der Waals surface area contributed by atoms with Gasteiger partial charge < -0.3 is 23.4 Å². The van der Waals surface area contributed by atoms with Gasteiger partial charge in [-0.05, 0) is 48.4 Å². The Morgan fingerprint density at radius 1 is 0.865 bits per heavy atom. The molecule has 0 atom stereocenters. The molecule has 1 heterocycles. The van der Waals surface area contributed by atoms with Crippen molar-refractivity contribution in [3.63, 3.8) is 0 Å². The molecule has 0 unspecified atom stereocenters. The molecule has 0 spiro atoms. The first-order valence-corrected chi connectivity index (χ1v) is 11.0. The van der Waals surface area contributed by atoms with E-state index in [2.05, 4.69) is 0 Å². The van der Waals surface area contributed by atoms with Gasteiger partial charge in [-0.15, -0.1) is 0 Å². The van der Waals surface area contributed by atoms with Crippen LogP contribution in [0.5, 0.6) is 28.7 Å². The van der Waals surface area contributed by atoms with E-state index in [1.165, 1.54) is 50.6 Å². The predicted molar refractivity (Wildman–Crippen MR) is 128 cm³/mol. The fourth-order valence-corrected chi connectivity index (χ4v) is 3.50. The Morgan fingerprint density at radius 3 is 2.05 bits per heavy atom. The summed E-state index contributed by atoms with van der Waals surface area (Å²) in [5, 5.41) is -0.184. The van der Waals surface area contributed by atoms with Crippen LogP contribution in [-0.2, 0) is 12.6 Å². The van der Waals surface area contributed by atoms with Crippen molar-refractivity contribution in [1.82, 2.24) is 0 Å². The standard InChI is InChI=1S/C27H21F3O7/c1-4-15-5-7-17(8-6-15)35-24-23(31)21-10-9-18(14-22(21)37-25(24)27(28,29)30)36-26(32)16-11-19(33-2)13-20(12-16)34-3/h5-14H,4H2,1-3H3. The zero-order valence-corrected chi connectivity index (χ0v) is 20.0. The minimum absolute atomic E-state index is 0.0496. The number of rotatable bonds is 7. The Hall–Kier alpha value is -4.47. The average Bonchev–Trinajstić information content (AvgIpc) is 2.89. The van der Waals surface area contributed by atoms with Crippen LogP contribution in [0.15, 0.2) is 69.9 Å². The van der Waals surface area contributed by atoms with Crippen molar-refractivity contribution in [3.05, 3.63) is 87.8 Å². The van der Waals surface area contributed by atoms with Gasteiger partial charge in [0.2, 0.25) is 11.2 Å². The summed E-state index contributed by atoms with van der Waals surface area (Å²) >= 11 is 0. The molecular weight excluding hydrogens is 493 g/mol. The van der Waals surface area contributed by atoms with Gasteiger partial charge in [0.15, 0.2) is 0 Å². The van der Waals surface area contributed by atoms with Crippen molar-refractivity contribution in [2.45, 2.75) is 19.5 Å². The molecular formula is C27H21F3O7. The predicted octanol–water partition coefficient (Wildman–Crippen LogP) is 6.40. The smallest absolute Gasteiger partial charge is 0.453 e. The number of hydrogen-bond acceptors (Lipinski definition) is 7. The summed E-state index contributed by atoms with van der Waals surface area (Å²) in [5.74, 6) is -2.84. The molecule has 7 nitrogen and oxygen atoms in total. The molecule has 192 valence electrons. The zero-order valence-electron chi connectivity index (χ0n) is 20.0. The number of carbonyl (C=O) groups is 1. The van der Waals surface area contributed by atoms with Crippen LogP contribution in [0, 0.1) is 0 Å². The molecule has 0 N–H and O–H groups in total. The SMILES string of the molecule is CCc1ccc(Oc2c(C(F)(F)F)oc3cc(OC(=O)c4cc(OC)cc(OC)c4)ccc3c2=O)cc1. The van der Waals surface area contributed by atoms with E-state index in [-0.39, 0.29) is 22.4 Å². The third kappa shape index (κ3) is 5.53. The van der Waals surface area contributed by atoms with E-state index in [1.807, 2.05) is 6.92 Å². The quantitative estimate of drug-likeness (QED) is 0.208. The molecule has 4 rings (SSSR count). The first-order chi connectivity index (χ1) is 17.6. The molecule has 0 aliphatic heterocycles. The van der Waals surface area contributed by atoms with Gasteiger partial charge in [0.1, 0.15) is 28.6 Å². The van der Waals surface area contributed by atoms with Crippen LogP contribution in [0.4, 0.5) is 13.2 Å². The second-order valence-electron chi connectivity index (χ2n) is 7.84. The van der Waals surface area contributed by atoms with Crippen LogP contribution < -0.4 is 24.4 Å². The maximum Gasteiger partial charge on any atom is 0.453 e. The second kappa shape index (κ2) is 10.3. The van der Waals surface area contributed by atoms with Gasteiger partial charge in [0, 0.05) is 12.1 Å². The first kappa shape index (κ1) is 25.6. The Morgan fingerprint density at radius 2 is 1.49 bits per heavy atom. The molecule has 0 amide bonds. The molecule has 1 aromatic heterocycles. The van der Waals surface area contributed by atoms with E-state index >= 15 is 0 Å². The molecule has 0 bridgehead atoms. The van der Waals surface area contributed by atoms with Crippen LogP contribution in [0.2, 0.25) is 0 Å². The van der Waals surface area contributed by atoms with Gasteiger partial charge in [0.25, 0.3) is 5.76 Å². The Bertz CT molecular complexity index is 1480. The summed E-state index contributed by atoms with van der Waals surface area (Å²) in [6.45, 7) is 1.93.